The van der Waals surface area contributed by atoms with Gasteiger partial charge in [-0.3, -0.25) is 9.59 Å². The number of hydrogen-bond donors (Lipinski definition) is 1. The van der Waals surface area contributed by atoms with Crippen molar-refractivity contribution >= 4 is 17.1 Å². The van der Waals surface area contributed by atoms with E-state index in [-0.39, 0.29) is 17.3 Å². The number of carbonyl (C=O) groups excluding carboxylic acids is 2. The van der Waals surface area contributed by atoms with E-state index in [1.54, 1.807) is 6.08 Å². The minimum Gasteiger partial charge on any atom is -0.507 e. The number of fused-ring (bicyclic) bond motifs is 1. The zero-order valence-corrected chi connectivity index (χ0v) is 19.1. The molecular weight excluding hydrogens is 420 g/mol. The van der Waals surface area contributed by atoms with Gasteiger partial charge in [-0.2, -0.15) is 0 Å². The summed E-state index contributed by atoms with van der Waals surface area (Å²) in [6.07, 6.45) is 5.70. The number of Topliss-reactive ketones (excluding diaryl/α,β-unsaturated/α-hetero) is 1. The number of aryl methyl sites for hydroxylation is 1. The van der Waals surface area contributed by atoms with Gasteiger partial charge < -0.3 is 5.11 Å². The van der Waals surface area contributed by atoms with Crippen LogP contribution < -0.4 is 0 Å². The molecule has 0 spiro atoms. The molecule has 0 aromatic heterocycles. The summed E-state index contributed by atoms with van der Waals surface area (Å²) in [6, 6.07) is 24.5. The van der Waals surface area contributed by atoms with Gasteiger partial charge in [0.25, 0.3) is 0 Å². The van der Waals surface area contributed by atoms with E-state index in [9.17, 15) is 14.7 Å². The molecular formula is C31H26O3. The molecule has 3 atom stereocenters. The summed E-state index contributed by atoms with van der Waals surface area (Å²) >= 11 is 0. The topological polar surface area (TPSA) is 54.4 Å². The van der Waals surface area contributed by atoms with E-state index in [4.69, 9.17) is 0 Å². The van der Waals surface area contributed by atoms with Gasteiger partial charge in [0.1, 0.15) is 5.75 Å². The van der Waals surface area contributed by atoms with Gasteiger partial charge in [-0.1, -0.05) is 97.6 Å². The van der Waals surface area contributed by atoms with E-state index in [1.165, 1.54) is 6.08 Å². The summed E-state index contributed by atoms with van der Waals surface area (Å²) in [6.45, 7) is 5.86. The van der Waals surface area contributed by atoms with Crippen LogP contribution in [-0.4, -0.2) is 16.7 Å². The number of para-hydroxylation sites is 1. The highest BCUT2D eigenvalue weighted by Crippen LogP contribution is 2.58. The van der Waals surface area contributed by atoms with Crippen LogP contribution in [0.1, 0.15) is 34.6 Å². The largest absolute Gasteiger partial charge is 0.507 e. The lowest BCUT2D eigenvalue weighted by atomic mass is 9.50. The molecule has 0 radical (unpaired) electrons. The molecule has 0 saturated heterocycles. The SMILES string of the molecule is C=CC1=CCC2C(=O)C(c3ccccc3)=CC(=O)C2(c2ccccc2)C1c1cccc(C)c1O. The summed E-state index contributed by atoms with van der Waals surface area (Å²) in [4.78, 5) is 28.4. The molecule has 0 amide bonds. The quantitative estimate of drug-likeness (QED) is 0.528. The van der Waals surface area contributed by atoms with Crippen LogP contribution in [0.5, 0.6) is 5.75 Å². The highest BCUT2D eigenvalue weighted by atomic mass is 16.3. The normalized spacial score (nSPS) is 24.1. The highest BCUT2D eigenvalue weighted by molar-refractivity contribution is 6.31. The number of aromatic hydroxyl groups is 1. The van der Waals surface area contributed by atoms with Crippen molar-refractivity contribution in [1.29, 1.82) is 0 Å². The first-order chi connectivity index (χ1) is 16.5. The molecule has 34 heavy (non-hydrogen) atoms. The van der Waals surface area contributed by atoms with Crippen molar-refractivity contribution in [1.82, 2.24) is 0 Å². The van der Waals surface area contributed by atoms with Crippen molar-refractivity contribution in [3.8, 4) is 5.75 Å². The molecule has 3 aromatic carbocycles. The summed E-state index contributed by atoms with van der Waals surface area (Å²) in [5, 5.41) is 11.1. The number of ketones is 2. The lowest BCUT2D eigenvalue weighted by molar-refractivity contribution is -0.131. The molecule has 0 bridgehead atoms. The number of phenolic OH excluding ortho intramolecular Hbond substituents is 1. The average molecular weight is 447 g/mol. The van der Waals surface area contributed by atoms with Gasteiger partial charge in [0.05, 0.1) is 5.41 Å². The van der Waals surface area contributed by atoms with Crippen LogP contribution in [0.15, 0.2) is 109 Å². The molecule has 0 heterocycles. The zero-order chi connectivity index (χ0) is 23.9. The van der Waals surface area contributed by atoms with Crippen molar-refractivity contribution in [2.75, 3.05) is 0 Å². The maximum absolute atomic E-state index is 14.3. The molecule has 1 N–H and O–H groups in total. The van der Waals surface area contributed by atoms with E-state index in [0.29, 0.717) is 17.6 Å². The van der Waals surface area contributed by atoms with Crippen LogP contribution in [0.4, 0.5) is 0 Å². The first kappa shape index (κ1) is 21.8. The predicted octanol–water partition coefficient (Wildman–Crippen LogP) is 6.09. The molecule has 0 saturated carbocycles. The van der Waals surface area contributed by atoms with E-state index >= 15 is 0 Å². The molecule has 2 aliphatic carbocycles. The minimum atomic E-state index is -1.18. The number of benzene rings is 3. The fourth-order valence-electron chi connectivity index (χ4n) is 5.77. The van der Waals surface area contributed by atoms with Crippen LogP contribution in [-0.2, 0) is 15.0 Å². The van der Waals surface area contributed by atoms with Crippen molar-refractivity contribution < 1.29 is 14.7 Å². The van der Waals surface area contributed by atoms with E-state index in [0.717, 1.165) is 22.3 Å². The molecule has 3 heteroatoms. The second-order valence-electron chi connectivity index (χ2n) is 9.03. The fourth-order valence-corrected chi connectivity index (χ4v) is 5.77. The third kappa shape index (κ3) is 3.12. The first-order valence-corrected chi connectivity index (χ1v) is 11.5. The van der Waals surface area contributed by atoms with Crippen LogP contribution >= 0.6 is 0 Å². The Balaban J connectivity index is 1.84. The van der Waals surface area contributed by atoms with Gasteiger partial charge in [0.2, 0.25) is 0 Å². The van der Waals surface area contributed by atoms with Gasteiger partial charge in [-0.05, 0) is 41.7 Å². The number of rotatable bonds is 4. The van der Waals surface area contributed by atoms with Crippen LogP contribution in [0.3, 0.4) is 0 Å². The molecule has 0 aliphatic heterocycles. The summed E-state index contributed by atoms with van der Waals surface area (Å²) < 4.78 is 0. The van der Waals surface area contributed by atoms with Gasteiger partial charge in [-0.15, -0.1) is 0 Å². The van der Waals surface area contributed by atoms with Crippen molar-refractivity contribution in [3.63, 3.8) is 0 Å². The van der Waals surface area contributed by atoms with E-state index in [2.05, 4.69) is 6.58 Å². The zero-order valence-electron chi connectivity index (χ0n) is 19.1. The van der Waals surface area contributed by atoms with Gasteiger partial charge in [0.15, 0.2) is 11.6 Å². The Morgan fingerprint density at radius 1 is 0.941 bits per heavy atom. The third-order valence-electron chi connectivity index (χ3n) is 7.34. The number of hydrogen-bond acceptors (Lipinski definition) is 3. The van der Waals surface area contributed by atoms with Crippen molar-refractivity contribution in [3.05, 3.63) is 131 Å². The Bertz CT molecular complexity index is 1350. The van der Waals surface area contributed by atoms with Crippen LogP contribution in [0.25, 0.3) is 5.57 Å². The summed E-state index contributed by atoms with van der Waals surface area (Å²) in [7, 11) is 0. The van der Waals surface area contributed by atoms with Crippen molar-refractivity contribution in [2.45, 2.75) is 24.7 Å². The Morgan fingerprint density at radius 2 is 1.62 bits per heavy atom. The molecule has 3 unspecified atom stereocenters. The fraction of sp³-hybridized carbons (Fsp3) is 0.161. The molecule has 5 rings (SSSR count). The van der Waals surface area contributed by atoms with Crippen molar-refractivity contribution in [2.24, 2.45) is 5.92 Å². The molecule has 2 aliphatic rings. The maximum atomic E-state index is 14.3. The molecule has 0 fully saturated rings. The first-order valence-electron chi connectivity index (χ1n) is 11.5. The second kappa shape index (κ2) is 8.42. The Morgan fingerprint density at radius 3 is 2.29 bits per heavy atom. The number of allylic oxidation sites excluding steroid dienone is 5. The van der Waals surface area contributed by atoms with Gasteiger partial charge in [-0.25, -0.2) is 0 Å². The smallest absolute Gasteiger partial charge is 0.168 e. The standard InChI is InChI=1S/C31H26O3/c1-3-21-17-18-26-30(34)25(22-12-6-4-7-13-22)19-27(32)31(26,23-14-8-5-9-15-23)28(21)24-16-10-11-20(2)29(24)33/h3-17,19,26,28,33H,1,18H2,2H3. The van der Waals surface area contributed by atoms with E-state index < -0.39 is 17.3 Å². The third-order valence-corrected chi connectivity index (χ3v) is 7.34. The lowest BCUT2D eigenvalue weighted by Crippen LogP contribution is -2.54. The Labute approximate surface area is 199 Å². The van der Waals surface area contributed by atoms with Gasteiger partial charge in [0, 0.05) is 23.0 Å². The number of carbonyl (C=O) groups is 2. The lowest BCUT2D eigenvalue weighted by Gasteiger charge is -2.50. The molecule has 168 valence electrons. The van der Waals surface area contributed by atoms with Gasteiger partial charge >= 0.3 is 0 Å². The maximum Gasteiger partial charge on any atom is 0.168 e. The molecule has 3 nitrogen and oxygen atoms in total. The minimum absolute atomic E-state index is 0.0499. The predicted molar refractivity (Wildman–Crippen MR) is 135 cm³/mol. The summed E-state index contributed by atoms with van der Waals surface area (Å²) in [5.74, 6) is -1.17. The Kier molecular flexibility index (Phi) is 5.41. The van der Waals surface area contributed by atoms with E-state index in [1.807, 2.05) is 91.9 Å². The average Bonchev–Trinajstić information content (AvgIpc) is 2.88. The second-order valence-corrected chi connectivity index (χ2v) is 9.03. The monoisotopic (exact) mass is 446 g/mol. The van der Waals surface area contributed by atoms with Crippen LogP contribution in [0.2, 0.25) is 0 Å². The summed E-state index contributed by atoms with van der Waals surface area (Å²) in [5.41, 5.74) is 3.00. The van der Waals surface area contributed by atoms with Crippen LogP contribution in [0, 0.1) is 12.8 Å². The Hall–Kier alpha value is -3.98. The number of phenols is 1. The highest BCUT2D eigenvalue weighted by Gasteiger charge is 2.59. The molecule has 3 aromatic rings.